The maximum absolute atomic E-state index is 11.3. The van der Waals surface area contributed by atoms with Crippen molar-refractivity contribution in [2.24, 2.45) is 5.73 Å². The first kappa shape index (κ1) is 12.4. The molecule has 0 saturated heterocycles. The van der Waals surface area contributed by atoms with Gasteiger partial charge in [-0.3, -0.25) is 0 Å². The second-order valence-corrected chi connectivity index (χ2v) is 3.00. The molecule has 0 saturated carbocycles. The number of nitrogens with two attached hydrogens (primary N) is 1. The van der Waals surface area contributed by atoms with Gasteiger partial charge in [0.25, 0.3) is 0 Å². The summed E-state index contributed by atoms with van der Waals surface area (Å²) in [6.45, 7) is 4.07. The molecule has 2 N–H and O–H groups in total. The van der Waals surface area contributed by atoms with Crippen LogP contribution in [0.5, 0.6) is 0 Å². The van der Waals surface area contributed by atoms with Crippen molar-refractivity contribution < 1.29 is 14.3 Å². The first-order valence-corrected chi connectivity index (χ1v) is 4.59. The van der Waals surface area contributed by atoms with Gasteiger partial charge in [0.05, 0.1) is 6.10 Å². The molecule has 0 bridgehead atoms. The Morgan fingerprint density at radius 1 is 1.54 bits per heavy atom. The lowest BCUT2D eigenvalue weighted by Crippen LogP contribution is -2.34. The topological polar surface area (TPSA) is 61.5 Å². The van der Waals surface area contributed by atoms with Crippen LogP contribution in [0.25, 0.3) is 0 Å². The van der Waals surface area contributed by atoms with Crippen LogP contribution in [-0.4, -0.2) is 31.8 Å². The summed E-state index contributed by atoms with van der Waals surface area (Å²) in [5.74, 6) is -0.369. The Labute approximate surface area is 79.4 Å². The average molecular weight is 189 g/mol. The summed E-state index contributed by atoms with van der Waals surface area (Å²) < 4.78 is 9.93. The second-order valence-electron chi connectivity index (χ2n) is 3.00. The van der Waals surface area contributed by atoms with Gasteiger partial charge in [0.2, 0.25) is 0 Å². The highest BCUT2D eigenvalue weighted by molar-refractivity contribution is 5.75. The molecule has 0 aromatic heterocycles. The number of rotatable bonds is 6. The zero-order chi connectivity index (χ0) is 10.3. The molecular formula is C9H19NO3. The number of ether oxygens (including phenoxy) is 2. The van der Waals surface area contributed by atoms with Gasteiger partial charge in [-0.25, -0.2) is 4.79 Å². The molecule has 78 valence electrons. The summed E-state index contributed by atoms with van der Waals surface area (Å²) in [5.41, 5.74) is 5.31. The molecule has 13 heavy (non-hydrogen) atoms. The van der Waals surface area contributed by atoms with Gasteiger partial charge in [-0.2, -0.15) is 0 Å². The van der Waals surface area contributed by atoms with Gasteiger partial charge in [-0.15, -0.1) is 0 Å². The molecule has 0 radical (unpaired) electrons. The van der Waals surface area contributed by atoms with Crippen molar-refractivity contribution in [2.45, 2.75) is 38.9 Å². The van der Waals surface area contributed by atoms with Crippen LogP contribution in [0.3, 0.4) is 0 Å². The maximum Gasteiger partial charge on any atom is 0.336 e. The quantitative estimate of drug-likeness (QED) is 0.624. The Balaban J connectivity index is 3.83. The maximum atomic E-state index is 11.3. The minimum Gasteiger partial charge on any atom is -0.461 e. The molecule has 2 atom stereocenters. The van der Waals surface area contributed by atoms with Crippen molar-refractivity contribution >= 4 is 5.97 Å². The standard InChI is InChI=1S/C9H19NO3/c1-4-5-7(2)13-9(11)8(6-10)12-3/h7-8H,4-6,10H2,1-3H3. The highest BCUT2D eigenvalue weighted by Gasteiger charge is 2.19. The van der Waals surface area contributed by atoms with Gasteiger partial charge in [-0.1, -0.05) is 13.3 Å². The lowest BCUT2D eigenvalue weighted by atomic mass is 10.2. The molecule has 0 aromatic rings. The van der Waals surface area contributed by atoms with E-state index in [2.05, 4.69) is 0 Å². The van der Waals surface area contributed by atoms with Gasteiger partial charge in [0.1, 0.15) is 0 Å². The van der Waals surface area contributed by atoms with Gasteiger partial charge < -0.3 is 15.2 Å². The number of hydrogen-bond acceptors (Lipinski definition) is 4. The summed E-state index contributed by atoms with van der Waals surface area (Å²) in [7, 11) is 1.45. The molecule has 0 aliphatic heterocycles. The number of methoxy groups -OCH3 is 1. The first-order chi connectivity index (χ1) is 6.15. The second kappa shape index (κ2) is 6.86. The number of carbonyl (C=O) groups is 1. The SMILES string of the molecule is CCCC(C)OC(=O)C(CN)OC. The minimum atomic E-state index is -0.626. The zero-order valence-electron chi connectivity index (χ0n) is 8.58. The third-order valence-corrected chi connectivity index (χ3v) is 1.77. The molecule has 2 unspecified atom stereocenters. The summed E-state index contributed by atoms with van der Waals surface area (Å²) >= 11 is 0. The fraction of sp³-hybridized carbons (Fsp3) is 0.889. The lowest BCUT2D eigenvalue weighted by Gasteiger charge is -2.16. The molecule has 0 aliphatic carbocycles. The molecule has 0 heterocycles. The molecule has 0 amide bonds. The Morgan fingerprint density at radius 3 is 2.54 bits per heavy atom. The van der Waals surface area contributed by atoms with Crippen molar-refractivity contribution in [3.63, 3.8) is 0 Å². The normalized spacial score (nSPS) is 15.1. The molecular weight excluding hydrogens is 170 g/mol. The van der Waals surface area contributed by atoms with E-state index in [1.54, 1.807) is 0 Å². The van der Waals surface area contributed by atoms with E-state index in [-0.39, 0.29) is 18.6 Å². The summed E-state index contributed by atoms with van der Waals surface area (Å²) in [6, 6.07) is 0. The van der Waals surface area contributed by atoms with Gasteiger partial charge in [0, 0.05) is 13.7 Å². The third kappa shape index (κ3) is 4.85. The van der Waals surface area contributed by atoms with Crippen LogP contribution in [0.15, 0.2) is 0 Å². The van der Waals surface area contributed by atoms with Crippen LogP contribution in [-0.2, 0) is 14.3 Å². The Hall–Kier alpha value is -0.610. The van der Waals surface area contributed by atoms with Crippen LogP contribution in [0, 0.1) is 0 Å². The smallest absolute Gasteiger partial charge is 0.336 e. The minimum absolute atomic E-state index is 0.0540. The largest absolute Gasteiger partial charge is 0.461 e. The zero-order valence-corrected chi connectivity index (χ0v) is 8.58. The van der Waals surface area contributed by atoms with Crippen molar-refractivity contribution in [1.82, 2.24) is 0 Å². The number of carbonyl (C=O) groups excluding carboxylic acids is 1. The van der Waals surface area contributed by atoms with Crippen LogP contribution >= 0.6 is 0 Å². The molecule has 0 spiro atoms. The Kier molecular flexibility index (Phi) is 6.54. The van der Waals surface area contributed by atoms with E-state index >= 15 is 0 Å². The molecule has 0 fully saturated rings. The fourth-order valence-electron chi connectivity index (χ4n) is 1.03. The highest BCUT2D eigenvalue weighted by Crippen LogP contribution is 2.03. The van der Waals surface area contributed by atoms with Crippen molar-refractivity contribution in [3.8, 4) is 0 Å². The molecule has 4 heteroatoms. The van der Waals surface area contributed by atoms with E-state index in [1.165, 1.54) is 7.11 Å². The van der Waals surface area contributed by atoms with E-state index in [4.69, 9.17) is 15.2 Å². The number of hydrogen-bond donors (Lipinski definition) is 1. The van der Waals surface area contributed by atoms with Gasteiger partial charge >= 0.3 is 5.97 Å². The molecule has 0 rings (SSSR count). The van der Waals surface area contributed by atoms with Crippen molar-refractivity contribution in [3.05, 3.63) is 0 Å². The number of esters is 1. The monoisotopic (exact) mass is 189 g/mol. The van der Waals surface area contributed by atoms with Crippen LogP contribution in [0.1, 0.15) is 26.7 Å². The Bertz CT molecular complexity index is 146. The Morgan fingerprint density at radius 2 is 2.15 bits per heavy atom. The van der Waals surface area contributed by atoms with Crippen molar-refractivity contribution in [2.75, 3.05) is 13.7 Å². The lowest BCUT2D eigenvalue weighted by molar-refractivity contribution is -0.159. The predicted octanol–water partition coefficient (Wildman–Crippen LogP) is 0.692. The van der Waals surface area contributed by atoms with Crippen LogP contribution < -0.4 is 5.73 Å². The van der Waals surface area contributed by atoms with E-state index in [0.29, 0.717) is 0 Å². The molecule has 0 aromatic carbocycles. The van der Waals surface area contributed by atoms with E-state index < -0.39 is 6.10 Å². The molecule has 0 aliphatic rings. The van der Waals surface area contributed by atoms with Crippen LogP contribution in [0.2, 0.25) is 0 Å². The average Bonchev–Trinajstić information content (AvgIpc) is 2.06. The van der Waals surface area contributed by atoms with E-state index in [0.717, 1.165) is 12.8 Å². The van der Waals surface area contributed by atoms with Gasteiger partial charge in [-0.05, 0) is 13.3 Å². The van der Waals surface area contributed by atoms with E-state index in [9.17, 15) is 4.79 Å². The molecule has 4 nitrogen and oxygen atoms in total. The summed E-state index contributed by atoms with van der Waals surface area (Å²) in [6.07, 6.45) is 1.18. The van der Waals surface area contributed by atoms with Crippen molar-refractivity contribution in [1.29, 1.82) is 0 Å². The van der Waals surface area contributed by atoms with Gasteiger partial charge in [0.15, 0.2) is 6.10 Å². The summed E-state index contributed by atoms with van der Waals surface area (Å²) in [4.78, 5) is 11.3. The fourth-order valence-corrected chi connectivity index (χ4v) is 1.03. The first-order valence-electron chi connectivity index (χ1n) is 4.59. The van der Waals surface area contributed by atoms with Crippen LogP contribution in [0.4, 0.5) is 0 Å². The van der Waals surface area contributed by atoms with E-state index in [1.807, 2.05) is 13.8 Å². The third-order valence-electron chi connectivity index (χ3n) is 1.77. The highest BCUT2D eigenvalue weighted by atomic mass is 16.6. The predicted molar refractivity (Wildman–Crippen MR) is 50.3 cm³/mol. The summed E-state index contributed by atoms with van der Waals surface area (Å²) in [5, 5.41) is 0.